The number of carbonyl (C=O) groups is 1. The average molecular weight is 576 g/mol. The molecule has 0 bridgehead atoms. The molecule has 3 rings (SSSR count). The summed E-state index contributed by atoms with van der Waals surface area (Å²) in [5, 5.41) is 6.00. The summed E-state index contributed by atoms with van der Waals surface area (Å²) < 4.78 is 42.6. The molecule has 2 aromatic rings. The van der Waals surface area contributed by atoms with Gasteiger partial charge in [-0.25, -0.2) is 0 Å². The van der Waals surface area contributed by atoms with Crippen LogP contribution < -0.4 is 15.4 Å². The van der Waals surface area contributed by atoms with E-state index in [1.54, 1.807) is 37.1 Å². The lowest BCUT2D eigenvalue weighted by Gasteiger charge is -2.29. The fourth-order valence-corrected chi connectivity index (χ4v) is 3.48. The third-order valence-corrected chi connectivity index (χ3v) is 5.17. The van der Waals surface area contributed by atoms with Crippen LogP contribution in [0.3, 0.4) is 0 Å². The first-order valence-corrected chi connectivity index (χ1v) is 10.3. The number of hydrogen-bond donors (Lipinski definition) is 2. The molecule has 6 nitrogen and oxygen atoms in total. The van der Waals surface area contributed by atoms with Crippen molar-refractivity contribution < 1.29 is 22.7 Å². The van der Waals surface area contributed by atoms with E-state index in [9.17, 15) is 18.0 Å². The summed E-state index contributed by atoms with van der Waals surface area (Å²) in [4.78, 5) is 18.5. The molecule has 0 spiro atoms. The summed E-state index contributed by atoms with van der Waals surface area (Å²) in [6.45, 7) is 1.91. The van der Waals surface area contributed by atoms with Crippen molar-refractivity contribution in [1.29, 1.82) is 0 Å². The molecule has 0 radical (unpaired) electrons. The highest BCUT2D eigenvalue weighted by Gasteiger charge is 2.29. The zero-order valence-electron chi connectivity index (χ0n) is 18.5. The molecule has 33 heavy (non-hydrogen) atoms. The van der Waals surface area contributed by atoms with E-state index < -0.39 is 12.8 Å². The third-order valence-electron chi connectivity index (χ3n) is 5.17. The highest BCUT2D eigenvalue weighted by atomic mass is 127. The topological polar surface area (TPSA) is 66.0 Å². The summed E-state index contributed by atoms with van der Waals surface area (Å²) in [6, 6.07) is 13.1. The van der Waals surface area contributed by atoms with E-state index in [0.29, 0.717) is 24.6 Å². The van der Waals surface area contributed by atoms with E-state index in [1.807, 2.05) is 18.2 Å². The first-order chi connectivity index (χ1) is 15.2. The number of fused-ring (bicyclic) bond motifs is 1. The lowest BCUT2D eigenvalue weighted by molar-refractivity contribution is -0.153. The van der Waals surface area contributed by atoms with E-state index in [4.69, 9.17) is 4.74 Å². The second-order valence-corrected chi connectivity index (χ2v) is 7.63. The molecular weight excluding hydrogens is 548 g/mol. The van der Waals surface area contributed by atoms with Gasteiger partial charge in [-0.3, -0.25) is 9.79 Å². The van der Waals surface area contributed by atoms with Gasteiger partial charge in [-0.05, 0) is 36.1 Å². The van der Waals surface area contributed by atoms with Gasteiger partial charge in [0.15, 0.2) is 12.6 Å². The number of guanidine groups is 1. The van der Waals surface area contributed by atoms with Gasteiger partial charge in [-0.2, -0.15) is 13.2 Å². The number of alkyl halides is 3. The summed E-state index contributed by atoms with van der Waals surface area (Å²) in [6.07, 6.45) is -3.59. The van der Waals surface area contributed by atoms with Gasteiger partial charge < -0.3 is 20.3 Å². The molecule has 0 saturated carbocycles. The molecule has 1 aliphatic heterocycles. The maximum absolute atomic E-state index is 12.6. The van der Waals surface area contributed by atoms with Gasteiger partial charge in [0, 0.05) is 32.2 Å². The van der Waals surface area contributed by atoms with Gasteiger partial charge in [-0.15, -0.1) is 24.0 Å². The number of aryl methyl sites for hydroxylation is 1. The average Bonchev–Trinajstić information content (AvgIpc) is 2.77. The largest absolute Gasteiger partial charge is 0.484 e. The molecule has 0 aliphatic carbocycles. The fraction of sp³-hybridized carbons (Fsp3) is 0.391. The van der Waals surface area contributed by atoms with Crippen LogP contribution >= 0.6 is 24.0 Å². The number of benzene rings is 2. The number of hydrogen-bond acceptors (Lipinski definition) is 3. The number of ether oxygens (including phenoxy) is 1. The highest BCUT2D eigenvalue weighted by Crippen LogP contribution is 2.24. The van der Waals surface area contributed by atoms with Gasteiger partial charge in [0.25, 0.3) is 0 Å². The second-order valence-electron chi connectivity index (χ2n) is 7.63. The maximum Gasteiger partial charge on any atom is 0.422 e. The van der Waals surface area contributed by atoms with Crippen LogP contribution in [0.15, 0.2) is 47.5 Å². The third kappa shape index (κ3) is 8.09. The molecule has 0 atom stereocenters. The molecule has 0 saturated heterocycles. The number of nitrogens with zero attached hydrogens (tertiary/aromatic N) is 2. The Hall–Kier alpha value is -2.50. The van der Waals surface area contributed by atoms with Crippen LogP contribution in [0, 0.1) is 6.92 Å². The molecule has 0 unspecified atom stereocenters. The number of carbonyl (C=O) groups excluding carboxylic acids is 1. The van der Waals surface area contributed by atoms with Crippen molar-refractivity contribution in [3.05, 3.63) is 64.7 Å². The zero-order valence-corrected chi connectivity index (χ0v) is 20.9. The Kier molecular flexibility index (Phi) is 9.81. The van der Waals surface area contributed by atoms with Gasteiger partial charge in [-0.1, -0.05) is 36.4 Å². The predicted octanol–water partition coefficient (Wildman–Crippen LogP) is 3.80. The quantitative estimate of drug-likeness (QED) is 0.312. The molecule has 1 amide bonds. The molecule has 2 N–H and O–H groups in total. The van der Waals surface area contributed by atoms with Gasteiger partial charge in [0.1, 0.15) is 5.75 Å². The normalized spacial score (nSPS) is 13.6. The molecule has 0 fully saturated rings. The van der Waals surface area contributed by atoms with Crippen LogP contribution in [0.25, 0.3) is 0 Å². The number of rotatable bonds is 6. The van der Waals surface area contributed by atoms with Crippen molar-refractivity contribution in [2.75, 3.05) is 26.7 Å². The van der Waals surface area contributed by atoms with Crippen molar-refractivity contribution in [3.8, 4) is 5.75 Å². The van der Waals surface area contributed by atoms with Crippen LogP contribution in [0.1, 0.15) is 22.3 Å². The van der Waals surface area contributed by atoms with E-state index >= 15 is 0 Å². The van der Waals surface area contributed by atoms with Crippen molar-refractivity contribution in [3.63, 3.8) is 0 Å². The van der Waals surface area contributed by atoms with Crippen molar-refractivity contribution in [2.45, 2.75) is 32.6 Å². The van der Waals surface area contributed by atoms with Crippen molar-refractivity contribution in [2.24, 2.45) is 4.99 Å². The molecule has 180 valence electrons. The van der Waals surface area contributed by atoms with Gasteiger partial charge >= 0.3 is 6.18 Å². The van der Waals surface area contributed by atoms with Crippen molar-refractivity contribution >= 4 is 35.8 Å². The first kappa shape index (κ1) is 26.7. The molecular formula is C23H28F3IN4O2. The number of aliphatic imine (C=N–C) groups is 1. The predicted molar refractivity (Wildman–Crippen MR) is 132 cm³/mol. The molecule has 1 heterocycles. The van der Waals surface area contributed by atoms with Crippen LogP contribution in [0.4, 0.5) is 13.2 Å². The van der Waals surface area contributed by atoms with Gasteiger partial charge in [0.05, 0.1) is 6.54 Å². The Morgan fingerprint density at radius 1 is 1.15 bits per heavy atom. The molecule has 2 aromatic carbocycles. The standard InChI is InChI=1S/C23H27F3N4O2.HI/c1-16-7-8-18(20(11-16)32-15-23(24,25)26)12-28-22(27-2)29-13-21(31)30-10-9-17-5-3-4-6-19(17)14-30;/h3-8,11H,9-10,12-15H2,1-2H3,(H2,27,28,29);1H. The minimum Gasteiger partial charge on any atom is -0.484 e. The van der Waals surface area contributed by atoms with E-state index in [1.165, 1.54) is 5.56 Å². The van der Waals surface area contributed by atoms with E-state index in [0.717, 1.165) is 17.5 Å². The molecule has 1 aliphatic rings. The minimum atomic E-state index is -4.42. The highest BCUT2D eigenvalue weighted by molar-refractivity contribution is 14.0. The summed E-state index contributed by atoms with van der Waals surface area (Å²) in [7, 11) is 1.56. The van der Waals surface area contributed by atoms with Crippen LogP contribution in [0.2, 0.25) is 0 Å². The number of nitrogens with one attached hydrogen (secondary N) is 2. The smallest absolute Gasteiger partial charge is 0.422 e. The van der Waals surface area contributed by atoms with E-state index in [-0.39, 0.29) is 48.7 Å². The van der Waals surface area contributed by atoms with Crippen molar-refractivity contribution in [1.82, 2.24) is 15.5 Å². The summed E-state index contributed by atoms with van der Waals surface area (Å²) in [5.41, 5.74) is 3.77. The Bertz CT molecular complexity index is 982. The van der Waals surface area contributed by atoms with E-state index in [2.05, 4.69) is 21.7 Å². The summed E-state index contributed by atoms with van der Waals surface area (Å²) >= 11 is 0. The lowest BCUT2D eigenvalue weighted by atomic mass is 10.00. The van der Waals surface area contributed by atoms with Crippen LogP contribution in [-0.2, 0) is 24.3 Å². The number of amides is 1. The Labute approximate surface area is 208 Å². The molecule has 10 heteroatoms. The maximum atomic E-state index is 12.6. The zero-order chi connectivity index (χ0) is 23.1. The van der Waals surface area contributed by atoms with Crippen LogP contribution in [0.5, 0.6) is 5.75 Å². The summed E-state index contributed by atoms with van der Waals surface area (Å²) in [5.74, 6) is 0.485. The Balaban J connectivity index is 0.00000385. The van der Waals surface area contributed by atoms with Crippen LogP contribution in [-0.4, -0.2) is 49.7 Å². The second kappa shape index (κ2) is 12.1. The number of halogens is 4. The lowest BCUT2D eigenvalue weighted by Crippen LogP contribution is -2.45. The Morgan fingerprint density at radius 2 is 1.88 bits per heavy atom. The minimum absolute atomic E-state index is 0. The fourth-order valence-electron chi connectivity index (χ4n) is 3.48. The SMILES string of the molecule is CN=C(NCC(=O)N1CCc2ccccc2C1)NCc1ccc(C)cc1OCC(F)(F)F.I. The Morgan fingerprint density at radius 3 is 2.58 bits per heavy atom. The van der Waals surface area contributed by atoms with Gasteiger partial charge in [0.2, 0.25) is 5.91 Å². The monoisotopic (exact) mass is 576 g/mol. The first-order valence-electron chi connectivity index (χ1n) is 10.3. The molecule has 0 aromatic heterocycles.